The Morgan fingerprint density at radius 3 is 2.71 bits per heavy atom. The molecule has 1 aromatic carbocycles. The first-order valence-electron chi connectivity index (χ1n) is 10.1. The van der Waals surface area contributed by atoms with Gasteiger partial charge in [-0.15, -0.1) is 29.1 Å². The molecule has 0 aliphatic carbocycles. The molecule has 3 N–H and O–H groups in total. The molecule has 0 radical (unpaired) electrons. The van der Waals surface area contributed by atoms with Crippen LogP contribution in [-0.2, 0) is 13.1 Å². The summed E-state index contributed by atoms with van der Waals surface area (Å²) in [6.45, 7) is 3.31. The van der Waals surface area contributed by atoms with Crippen LogP contribution >= 0.6 is 24.0 Å². The van der Waals surface area contributed by atoms with E-state index < -0.39 is 0 Å². The van der Waals surface area contributed by atoms with E-state index in [0.29, 0.717) is 30.0 Å². The summed E-state index contributed by atoms with van der Waals surface area (Å²) < 4.78 is 18.4. The van der Waals surface area contributed by atoms with Crippen LogP contribution in [0.15, 0.2) is 52.1 Å². The van der Waals surface area contributed by atoms with E-state index in [1.54, 1.807) is 19.4 Å². The van der Waals surface area contributed by atoms with Gasteiger partial charge in [0.1, 0.15) is 11.6 Å². The van der Waals surface area contributed by atoms with Crippen molar-refractivity contribution >= 4 is 29.9 Å². The average molecular weight is 539 g/mol. The molecule has 0 unspecified atom stereocenters. The third-order valence-corrected chi connectivity index (χ3v) is 5.17. The lowest BCUT2D eigenvalue weighted by Gasteiger charge is -2.33. The number of nitrogens with one attached hydrogen (secondary N) is 3. The Labute approximate surface area is 197 Å². The van der Waals surface area contributed by atoms with E-state index in [1.165, 1.54) is 12.1 Å². The first-order chi connectivity index (χ1) is 14.7. The van der Waals surface area contributed by atoms with Gasteiger partial charge in [0.2, 0.25) is 5.82 Å². The van der Waals surface area contributed by atoms with Crippen molar-refractivity contribution in [3.8, 4) is 11.6 Å². The van der Waals surface area contributed by atoms with Crippen molar-refractivity contribution in [1.29, 1.82) is 0 Å². The number of nitrogens with zero attached hydrogens (tertiary/aromatic N) is 4. The lowest BCUT2D eigenvalue weighted by molar-refractivity contribution is 0.198. The van der Waals surface area contributed by atoms with Crippen LogP contribution in [-0.4, -0.2) is 52.2 Å². The standard InChI is InChI=1S/C21H26FN7O.HI/c1-23-21(24-13-19-26-20(28-27-19)18-3-2-12-30-18)25-17-8-10-29(11-9-17)14-15-4-6-16(22)7-5-15;/h2-7,12,17H,8-11,13-14H2,1H3,(H2,23,24,25)(H,26,27,28);1H. The molecule has 166 valence electrons. The van der Waals surface area contributed by atoms with Crippen molar-refractivity contribution in [3.05, 3.63) is 59.9 Å². The molecular weight excluding hydrogens is 512 g/mol. The number of furan rings is 1. The second-order valence-corrected chi connectivity index (χ2v) is 7.33. The predicted molar refractivity (Wildman–Crippen MR) is 128 cm³/mol. The molecular formula is C21H27FIN7O. The van der Waals surface area contributed by atoms with Crippen LogP contribution < -0.4 is 10.6 Å². The number of H-pyrrole nitrogens is 1. The van der Waals surface area contributed by atoms with E-state index in [9.17, 15) is 4.39 Å². The van der Waals surface area contributed by atoms with Crippen LogP contribution in [0.3, 0.4) is 0 Å². The van der Waals surface area contributed by atoms with Crippen molar-refractivity contribution in [2.75, 3.05) is 20.1 Å². The van der Waals surface area contributed by atoms with Crippen LogP contribution in [0.25, 0.3) is 11.6 Å². The molecule has 10 heteroatoms. The first-order valence-corrected chi connectivity index (χ1v) is 10.1. The van der Waals surface area contributed by atoms with Gasteiger partial charge in [0.25, 0.3) is 0 Å². The quantitative estimate of drug-likeness (QED) is 0.253. The molecule has 31 heavy (non-hydrogen) atoms. The summed E-state index contributed by atoms with van der Waals surface area (Å²) in [5, 5.41) is 13.8. The molecule has 1 aliphatic rings. The highest BCUT2D eigenvalue weighted by molar-refractivity contribution is 14.0. The van der Waals surface area contributed by atoms with Gasteiger partial charge in [-0.25, -0.2) is 9.37 Å². The van der Waals surface area contributed by atoms with E-state index in [1.807, 2.05) is 18.2 Å². The highest BCUT2D eigenvalue weighted by Crippen LogP contribution is 2.15. The molecule has 1 fully saturated rings. The van der Waals surface area contributed by atoms with Crippen LogP contribution in [0.1, 0.15) is 24.2 Å². The second-order valence-electron chi connectivity index (χ2n) is 7.33. The molecule has 0 amide bonds. The SMILES string of the molecule is CN=C(NCc1nc(-c2ccco2)n[nH]1)NC1CCN(Cc2ccc(F)cc2)CC1.I. The Balaban J connectivity index is 0.00000272. The fourth-order valence-corrected chi connectivity index (χ4v) is 3.53. The number of piperidine rings is 1. The predicted octanol–water partition coefficient (Wildman–Crippen LogP) is 3.15. The molecule has 1 aliphatic heterocycles. The molecule has 4 rings (SSSR count). The van der Waals surface area contributed by atoms with Crippen LogP contribution in [0.5, 0.6) is 0 Å². The van der Waals surface area contributed by atoms with Gasteiger partial charge in [-0.2, -0.15) is 0 Å². The summed E-state index contributed by atoms with van der Waals surface area (Å²) in [5.74, 6) is 2.42. The number of likely N-dealkylation sites (tertiary alicyclic amines) is 1. The maximum atomic E-state index is 13.1. The van der Waals surface area contributed by atoms with E-state index in [2.05, 4.69) is 35.7 Å². The maximum absolute atomic E-state index is 13.1. The summed E-state index contributed by atoms with van der Waals surface area (Å²) >= 11 is 0. The third kappa shape index (κ3) is 6.50. The number of hydrogen-bond donors (Lipinski definition) is 3. The molecule has 0 saturated carbocycles. The summed E-state index contributed by atoms with van der Waals surface area (Å²) in [6, 6.07) is 10.7. The zero-order valence-electron chi connectivity index (χ0n) is 17.3. The van der Waals surface area contributed by atoms with Gasteiger partial charge in [-0.3, -0.25) is 15.0 Å². The molecule has 1 saturated heterocycles. The topological polar surface area (TPSA) is 94.4 Å². The smallest absolute Gasteiger partial charge is 0.216 e. The van der Waals surface area contributed by atoms with Crippen molar-refractivity contribution in [1.82, 2.24) is 30.7 Å². The average Bonchev–Trinajstić information content (AvgIpc) is 3.46. The molecule has 0 spiro atoms. The number of aliphatic imine (C=N–C) groups is 1. The number of aromatic nitrogens is 3. The van der Waals surface area contributed by atoms with E-state index in [-0.39, 0.29) is 29.8 Å². The second kappa shape index (κ2) is 11.2. The number of hydrogen-bond acceptors (Lipinski definition) is 5. The van der Waals surface area contributed by atoms with Gasteiger partial charge in [0.05, 0.1) is 12.8 Å². The van der Waals surface area contributed by atoms with Crippen LogP contribution in [0.2, 0.25) is 0 Å². The van der Waals surface area contributed by atoms with Crippen molar-refractivity contribution < 1.29 is 8.81 Å². The molecule has 8 nitrogen and oxygen atoms in total. The van der Waals surface area contributed by atoms with E-state index >= 15 is 0 Å². The Kier molecular flexibility index (Phi) is 8.41. The van der Waals surface area contributed by atoms with Crippen molar-refractivity contribution in [2.45, 2.75) is 32.0 Å². The summed E-state index contributed by atoms with van der Waals surface area (Å²) in [4.78, 5) is 11.1. The number of halogens is 2. The minimum Gasteiger partial charge on any atom is -0.461 e. The minimum absolute atomic E-state index is 0. The lowest BCUT2D eigenvalue weighted by atomic mass is 10.0. The minimum atomic E-state index is -0.192. The Morgan fingerprint density at radius 2 is 2.03 bits per heavy atom. The van der Waals surface area contributed by atoms with Gasteiger partial charge in [0.15, 0.2) is 11.7 Å². The number of guanidine groups is 1. The van der Waals surface area contributed by atoms with Gasteiger partial charge in [-0.1, -0.05) is 12.1 Å². The van der Waals surface area contributed by atoms with E-state index in [4.69, 9.17) is 4.42 Å². The Morgan fingerprint density at radius 1 is 1.26 bits per heavy atom. The summed E-state index contributed by atoms with van der Waals surface area (Å²) in [6.07, 6.45) is 3.64. The van der Waals surface area contributed by atoms with Crippen LogP contribution in [0, 0.1) is 5.82 Å². The van der Waals surface area contributed by atoms with Gasteiger partial charge in [0, 0.05) is 32.7 Å². The zero-order chi connectivity index (χ0) is 20.8. The summed E-state index contributed by atoms with van der Waals surface area (Å²) in [7, 11) is 1.76. The normalized spacial score (nSPS) is 15.5. The molecule has 0 bridgehead atoms. The van der Waals surface area contributed by atoms with Crippen molar-refractivity contribution in [2.24, 2.45) is 4.99 Å². The van der Waals surface area contributed by atoms with Gasteiger partial charge < -0.3 is 15.1 Å². The maximum Gasteiger partial charge on any atom is 0.216 e. The monoisotopic (exact) mass is 539 g/mol. The zero-order valence-corrected chi connectivity index (χ0v) is 19.7. The van der Waals surface area contributed by atoms with Gasteiger partial charge in [-0.05, 0) is 42.7 Å². The lowest BCUT2D eigenvalue weighted by Crippen LogP contribution is -2.48. The van der Waals surface area contributed by atoms with Crippen molar-refractivity contribution in [3.63, 3.8) is 0 Å². The third-order valence-electron chi connectivity index (χ3n) is 5.17. The largest absolute Gasteiger partial charge is 0.461 e. The fourth-order valence-electron chi connectivity index (χ4n) is 3.53. The molecule has 2 aromatic heterocycles. The molecule has 3 heterocycles. The van der Waals surface area contributed by atoms with Gasteiger partial charge >= 0.3 is 0 Å². The first kappa shape index (κ1) is 23.2. The highest BCUT2D eigenvalue weighted by Gasteiger charge is 2.20. The Bertz CT molecular complexity index is 951. The fraction of sp³-hybridized carbons (Fsp3) is 0.381. The molecule has 0 atom stereocenters. The molecule has 3 aromatic rings. The van der Waals surface area contributed by atoms with E-state index in [0.717, 1.165) is 44.0 Å². The number of benzene rings is 1. The number of aromatic amines is 1. The number of rotatable bonds is 6. The van der Waals surface area contributed by atoms with Crippen LogP contribution in [0.4, 0.5) is 4.39 Å². The Hall–Kier alpha value is -2.47. The summed E-state index contributed by atoms with van der Waals surface area (Å²) in [5.41, 5.74) is 1.14. The highest BCUT2D eigenvalue weighted by atomic mass is 127.